The van der Waals surface area contributed by atoms with Gasteiger partial charge in [-0.15, -0.1) is 11.8 Å². The molecule has 0 saturated carbocycles. The minimum absolute atomic E-state index is 0.0269. The molecule has 2 heterocycles. The second-order valence-electron chi connectivity index (χ2n) is 7.52. The van der Waals surface area contributed by atoms with Crippen LogP contribution in [0, 0.1) is 0 Å². The van der Waals surface area contributed by atoms with Gasteiger partial charge in [0.25, 0.3) is 0 Å². The molecule has 168 valence electrons. The molecular formula is C24H26N2O5S. The van der Waals surface area contributed by atoms with E-state index in [1.807, 2.05) is 42.5 Å². The molecule has 0 saturated heterocycles. The van der Waals surface area contributed by atoms with Crippen molar-refractivity contribution >= 4 is 34.8 Å². The molecule has 2 amide bonds. The number of hydrogen-bond donors (Lipinski definition) is 1. The summed E-state index contributed by atoms with van der Waals surface area (Å²) in [6, 6.07) is 11.3. The fraction of sp³-hybridized carbons (Fsp3) is 0.333. The summed E-state index contributed by atoms with van der Waals surface area (Å²) in [5, 5.41) is 2.47. The molecule has 1 atom stereocenters. The van der Waals surface area contributed by atoms with Crippen molar-refractivity contribution in [3.8, 4) is 17.2 Å². The summed E-state index contributed by atoms with van der Waals surface area (Å²) >= 11 is 1.45. The molecular weight excluding hydrogens is 428 g/mol. The van der Waals surface area contributed by atoms with Crippen LogP contribution in [0.3, 0.4) is 0 Å². The van der Waals surface area contributed by atoms with Gasteiger partial charge < -0.3 is 24.4 Å². The third-order valence-corrected chi connectivity index (χ3v) is 6.94. The van der Waals surface area contributed by atoms with Crippen molar-refractivity contribution < 1.29 is 23.8 Å². The highest BCUT2D eigenvalue weighted by atomic mass is 32.2. The van der Waals surface area contributed by atoms with Gasteiger partial charge in [0, 0.05) is 36.5 Å². The fourth-order valence-electron chi connectivity index (χ4n) is 3.96. The minimum atomic E-state index is -0.426. The third-order valence-electron chi connectivity index (χ3n) is 5.66. The normalized spacial score (nSPS) is 17.7. The van der Waals surface area contributed by atoms with E-state index in [2.05, 4.69) is 5.32 Å². The molecule has 0 radical (unpaired) electrons. The van der Waals surface area contributed by atoms with Crippen LogP contribution in [0.2, 0.25) is 0 Å². The van der Waals surface area contributed by atoms with E-state index in [4.69, 9.17) is 14.2 Å². The molecule has 0 unspecified atom stereocenters. The molecule has 0 aliphatic carbocycles. The van der Waals surface area contributed by atoms with Gasteiger partial charge in [0.2, 0.25) is 11.8 Å². The molecule has 2 aromatic carbocycles. The summed E-state index contributed by atoms with van der Waals surface area (Å²) in [5.74, 6) is 1.84. The average molecular weight is 455 g/mol. The van der Waals surface area contributed by atoms with Crippen LogP contribution in [0.4, 0.5) is 5.69 Å². The zero-order chi connectivity index (χ0) is 22.7. The van der Waals surface area contributed by atoms with Crippen molar-refractivity contribution in [1.82, 2.24) is 4.90 Å². The van der Waals surface area contributed by atoms with Crippen LogP contribution in [0.1, 0.15) is 18.4 Å². The zero-order valence-corrected chi connectivity index (χ0v) is 19.2. The number of ether oxygens (including phenoxy) is 3. The molecule has 4 rings (SSSR count). The number of fused-ring (bicyclic) bond motifs is 1. The molecule has 0 spiro atoms. The van der Waals surface area contributed by atoms with Crippen LogP contribution in [-0.2, 0) is 9.59 Å². The number of nitrogens with one attached hydrogen (secondary N) is 1. The van der Waals surface area contributed by atoms with Crippen molar-refractivity contribution in [2.75, 3.05) is 39.7 Å². The summed E-state index contributed by atoms with van der Waals surface area (Å²) < 4.78 is 16.5. The van der Waals surface area contributed by atoms with Crippen LogP contribution >= 0.6 is 11.8 Å². The van der Waals surface area contributed by atoms with Crippen molar-refractivity contribution in [3.63, 3.8) is 0 Å². The molecule has 2 aliphatic rings. The van der Waals surface area contributed by atoms with Crippen LogP contribution in [-0.4, -0.2) is 56.4 Å². The van der Waals surface area contributed by atoms with E-state index in [0.717, 1.165) is 21.7 Å². The third kappa shape index (κ3) is 4.41. The molecule has 8 heteroatoms. The maximum absolute atomic E-state index is 12.9. The van der Waals surface area contributed by atoms with Crippen LogP contribution in [0.25, 0.3) is 5.57 Å². The number of para-hydroxylation sites is 1. The average Bonchev–Trinajstić information content (AvgIpc) is 2.83. The highest BCUT2D eigenvalue weighted by Gasteiger charge is 2.31. The number of nitrogens with zero attached hydrogens (tertiary/aromatic N) is 1. The van der Waals surface area contributed by atoms with Gasteiger partial charge in [-0.05, 0) is 24.1 Å². The number of carbonyl (C=O) groups excluding carboxylic acids is 2. The van der Waals surface area contributed by atoms with E-state index in [-0.39, 0.29) is 18.2 Å². The Morgan fingerprint density at radius 1 is 1.12 bits per heavy atom. The maximum atomic E-state index is 12.9. The molecule has 7 nitrogen and oxygen atoms in total. The Morgan fingerprint density at radius 3 is 2.47 bits per heavy atom. The fourth-order valence-corrected chi connectivity index (χ4v) is 5.06. The monoisotopic (exact) mass is 454 g/mol. The second-order valence-corrected chi connectivity index (χ2v) is 8.77. The van der Waals surface area contributed by atoms with Gasteiger partial charge in [-0.3, -0.25) is 9.59 Å². The van der Waals surface area contributed by atoms with E-state index in [0.29, 0.717) is 36.8 Å². The first kappa shape index (κ1) is 22.1. The number of benzene rings is 2. The van der Waals surface area contributed by atoms with Gasteiger partial charge >= 0.3 is 0 Å². The van der Waals surface area contributed by atoms with E-state index in [1.54, 1.807) is 26.2 Å². The molecule has 2 aliphatic heterocycles. The number of anilines is 1. The smallest absolute Gasteiger partial charge is 0.238 e. The number of amides is 2. The number of carbonyl (C=O) groups is 2. The predicted octanol–water partition coefficient (Wildman–Crippen LogP) is 3.83. The Balaban J connectivity index is 1.46. The lowest BCUT2D eigenvalue weighted by molar-refractivity contribution is -0.132. The van der Waals surface area contributed by atoms with Gasteiger partial charge in [-0.25, -0.2) is 0 Å². The standard InChI is InChI=1S/C24H26N2O5S/c1-29-16-12-18(30-2)23(19(13-16)31-3)15-8-10-26(11-9-15)22(27)14-21-24(28)25-17-6-4-5-7-20(17)32-21/h4-8,12-13,21H,9-11,14H2,1-3H3,(H,25,28)/t21-/m1/s1. The van der Waals surface area contributed by atoms with Crippen LogP contribution < -0.4 is 19.5 Å². The SMILES string of the molecule is COc1cc(OC)c(C2=CCN(C(=O)C[C@H]3Sc4ccccc4NC3=O)CC2)c(OC)c1. The van der Waals surface area contributed by atoms with E-state index in [1.165, 1.54) is 11.8 Å². The number of thioether (sulfide) groups is 1. The van der Waals surface area contributed by atoms with Crippen molar-refractivity contribution in [2.45, 2.75) is 23.0 Å². The molecule has 0 fully saturated rings. The van der Waals surface area contributed by atoms with Crippen molar-refractivity contribution in [1.29, 1.82) is 0 Å². The first-order valence-corrected chi connectivity index (χ1v) is 11.3. The molecule has 0 bridgehead atoms. The van der Waals surface area contributed by atoms with Crippen molar-refractivity contribution in [2.24, 2.45) is 0 Å². The Kier molecular flexibility index (Phi) is 6.60. The van der Waals surface area contributed by atoms with E-state index >= 15 is 0 Å². The van der Waals surface area contributed by atoms with Gasteiger partial charge in [0.05, 0.1) is 37.8 Å². The second kappa shape index (κ2) is 9.56. The first-order chi connectivity index (χ1) is 15.5. The van der Waals surface area contributed by atoms with Gasteiger partial charge in [0.15, 0.2) is 0 Å². The summed E-state index contributed by atoms with van der Waals surface area (Å²) in [5.41, 5.74) is 2.74. The Bertz CT molecular complexity index is 1040. The van der Waals surface area contributed by atoms with Gasteiger partial charge in [-0.2, -0.15) is 0 Å². The van der Waals surface area contributed by atoms with Crippen LogP contribution in [0.5, 0.6) is 17.2 Å². The van der Waals surface area contributed by atoms with Gasteiger partial charge in [-0.1, -0.05) is 18.2 Å². The highest BCUT2D eigenvalue weighted by Crippen LogP contribution is 2.41. The summed E-state index contributed by atoms with van der Waals surface area (Å²) in [4.78, 5) is 28.2. The highest BCUT2D eigenvalue weighted by molar-refractivity contribution is 8.01. The van der Waals surface area contributed by atoms with Crippen molar-refractivity contribution in [3.05, 3.63) is 48.0 Å². The topological polar surface area (TPSA) is 77.1 Å². The first-order valence-electron chi connectivity index (χ1n) is 10.4. The molecule has 32 heavy (non-hydrogen) atoms. The summed E-state index contributed by atoms with van der Waals surface area (Å²) in [6.45, 7) is 1.04. The maximum Gasteiger partial charge on any atom is 0.238 e. The molecule has 1 N–H and O–H groups in total. The quantitative estimate of drug-likeness (QED) is 0.715. The largest absolute Gasteiger partial charge is 0.496 e. The zero-order valence-electron chi connectivity index (χ0n) is 18.3. The number of rotatable bonds is 6. The summed E-state index contributed by atoms with van der Waals surface area (Å²) in [7, 11) is 4.82. The Hall–Kier alpha value is -3.13. The number of methoxy groups -OCH3 is 3. The van der Waals surface area contributed by atoms with Gasteiger partial charge in [0.1, 0.15) is 17.2 Å². The lowest BCUT2D eigenvalue weighted by Crippen LogP contribution is -2.39. The predicted molar refractivity (Wildman–Crippen MR) is 125 cm³/mol. The van der Waals surface area contributed by atoms with Crippen LogP contribution in [0.15, 0.2) is 47.4 Å². The van der Waals surface area contributed by atoms with E-state index in [9.17, 15) is 9.59 Å². The van der Waals surface area contributed by atoms with E-state index < -0.39 is 5.25 Å². The Labute approximate surface area is 191 Å². The Morgan fingerprint density at radius 2 is 1.84 bits per heavy atom. The summed E-state index contributed by atoms with van der Waals surface area (Å²) in [6.07, 6.45) is 2.86. The molecule has 0 aromatic heterocycles. The number of hydrogen-bond acceptors (Lipinski definition) is 6. The lowest BCUT2D eigenvalue weighted by Gasteiger charge is -2.30. The lowest BCUT2D eigenvalue weighted by atomic mass is 9.97. The minimum Gasteiger partial charge on any atom is -0.496 e. The molecule has 2 aromatic rings.